The van der Waals surface area contributed by atoms with E-state index in [9.17, 15) is 18.4 Å². The number of hydrogen-bond donors (Lipinski definition) is 1. The Kier molecular flexibility index (Phi) is 3.10. The van der Waals surface area contributed by atoms with Gasteiger partial charge in [-0.05, 0) is 23.8 Å². The van der Waals surface area contributed by atoms with Crippen LogP contribution in [0.2, 0.25) is 0 Å². The van der Waals surface area contributed by atoms with E-state index in [-0.39, 0.29) is 17.8 Å². The van der Waals surface area contributed by atoms with Crippen molar-refractivity contribution in [2.75, 3.05) is 0 Å². The number of carbonyl (C=O) groups excluding carboxylic acids is 1. The van der Waals surface area contributed by atoms with Gasteiger partial charge in [0, 0.05) is 12.6 Å². The van der Waals surface area contributed by atoms with E-state index < -0.39 is 23.8 Å². The van der Waals surface area contributed by atoms with Gasteiger partial charge in [0.05, 0.1) is 6.04 Å². The summed E-state index contributed by atoms with van der Waals surface area (Å²) in [6.07, 6.45) is 0.923. The van der Waals surface area contributed by atoms with Gasteiger partial charge in [0.2, 0.25) is 0 Å². The molecule has 0 unspecified atom stereocenters. The van der Waals surface area contributed by atoms with Crippen molar-refractivity contribution < 1.29 is 23.5 Å². The number of amides is 1. The van der Waals surface area contributed by atoms with Gasteiger partial charge in [-0.2, -0.15) is 0 Å². The van der Waals surface area contributed by atoms with Crippen LogP contribution in [0.15, 0.2) is 30.5 Å². The third-order valence-electron chi connectivity index (χ3n) is 2.70. The Hall–Kier alpha value is -2.24. The molecule has 1 atom stereocenters. The van der Waals surface area contributed by atoms with E-state index in [1.165, 1.54) is 6.07 Å². The Morgan fingerprint density at radius 3 is 2.67 bits per heavy atom. The zero-order valence-electron chi connectivity index (χ0n) is 9.14. The zero-order valence-corrected chi connectivity index (χ0v) is 9.14. The molecule has 0 radical (unpaired) electrons. The number of hydrogen-bond acceptors (Lipinski definition) is 2. The third kappa shape index (κ3) is 2.22. The molecule has 1 N–H and O–H groups in total. The summed E-state index contributed by atoms with van der Waals surface area (Å²) in [5.74, 6) is -2.35. The first-order valence-electron chi connectivity index (χ1n) is 5.16. The summed E-state index contributed by atoms with van der Waals surface area (Å²) in [6.45, 7) is 0. The van der Waals surface area contributed by atoms with Crippen LogP contribution in [0.1, 0.15) is 18.0 Å². The lowest BCUT2D eigenvalue weighted by molar-refractivity contribution is -0.116. The summed E-state index contributed by atoms with van der Waals surface area (Å²) in [7, 11) is 0. The second-order valence-electron chi connectivity index (χ2n) is 3.87. The summed E-state index contributed by atoms with van der Waals surface area (Å²) in [5.41, 5.74) is 0.244. The average Bonchev–Trinajstić information content (AvgIpc) is 2.32. The van der Waals surface area contributed by atoms with Crippen LogP contribution < -0.4 is 0 Å². The minimum absolute atomic E-state index is 0.0894. The predicted molar refractivity (Wildman–Crippen MR) is 57.7 cm³/mol. The van der Waals surface area contributed by atoms with Crippen molar-refractivity contribution in [2.24, 2.45) is 0 Å². The Bertz CT molecular complexity index is 542. The van der Waals surface area contributed by atoms with Crippen molar-refractivity contribution in [2.45, 2.75) is 12.5 Å². The van der Waals surface area contributed by atoms with Crippen LogP contribution >= 0.6 is 0 Å². The molecule has 0 saturated heterocycles. The number of ketones is 1. The first-order chi connectivity index (χ1) is 8.49. The summed E-state index contributed by atoms with van der Waals surface area (Å²) in [5, 5.41) is 8.98. The maximum absolute atomic E-state index is 13.1. The van der Waals surface area contributed by atoms with E-state index in [1.807, 2.05) is 0 Å². The van der Waals surface area contributed by atoms with E-state index in [0.29, 0.717) is 0 Å². The van der Waals surface area contributed by atoms with Gasteiger partial charge in [0.15, 0.2) is 17.4 Å². The van der Waals surface area contributed by atoms with Gasteiger partial charge in [0.1, 0.15) is 0 Å². The molecule has 1 heterocycles. The highest BCUT2D eigenvalue weighted by atomic mass is 19.2. The number of carboxylic acid groups (broad SMARTS) is 1. The number of benzene rings is 1. The number of rotatable bonds is 1. The molecule has 18 heavy (non-hydrogen) atoms. The van der Waals surface area contributed by atoms with Gasteiger partial charge >= 0.3 is 6.09 Å². The fourth-order valence-electron chi connectivity index (χ4n) is 1.82. The van der Waals surface area contributed by atoms with Crippen molar-refractivity contribution >= 4 is 11.9 Å². The quantitative estimate of drug-likeness (QED) is 0.836. The highest BCUT2D eigenvalue weighted by Gasteiger charge is 2.28. The van der Waals surface area contributed by atoms with Crippen LogP contribution in [0.5, 0.6) is 0 Å². The fraction of sp³-hybridized carbons (Fsp3) is 0.167. The summed E-state index contributed by atoms with van der Waals surface area (Å²) >= 11 is 0. The van der Waals surface area contributed by atoms with Crippen molar-refractivity contribution in [1.82, 2.24) is 4.90 Å². The molecule has 94 valence electrons. The lowest BCUT2D eigenvalue weighted by Gasteiger charge is -2.28. The van der Waals surface area contributed by atoms with Crippen LogP contribution in [0.3, 0.4) is 0 Å². The van der Waals surface area contributed by atoms with E-state index >= 15 is 0 Å². The number of allylic oxidation sites excluding steroid dienone is 1. The lowest BCUT2D eigenvalue weighted by atomic mass is 9.97. The smallest absolute Gasteiger partial charge is 0.411 e. The fourth-order valence-corrected chi connectivity index (χ4v) is 1.82. The van der Waals surface area contributed by atoms with Crippen LogP contribution in [-0.4, -0.2) is 21.9 Å². The monoisotopic (exact) mass is 253 g/mol. The third-order valence-corrected chi connectivity index (χ3v) is 2.70. The molecule has 0 aromatic heterocycles. The molecule has 1 amide bonds. The molecule has 1 aromatic rings. The molecule has 0 aliphatic carbocycles. The van der Waals surface area contributed by atoms with Crippen molar-refractivity contribution in [3.8, 4) is 0 Å². The second kappa shape index (κ2) is 4.56. The average molecular weight is 253 g/mol. The van der Waals surface area contributed by atoms with Gasteiger partial charge in [-0.15, -0.1) is 0 Å². The highest BCUT2D eigenvalue weighted by Crippen LogP contribution is 2.29. The molecule has 0 fully saturated rings. The Balaban J connectivity index is 2.40. The molecule has 4 nitrogen and oxygen atoms in total. The molecule has 1 aliphatic rings. The van der Waals surface area contributed by atoms with Gasteiger partial charge in [-0.1, -0.05) is 6.07 Å². The maximum atomic E-state index is 13.1. The molecule has 0 bridgehead atoms. The molecule has 0 spiro atoms. The van der Waals surface area contributed by atoms with Crippen LogP contribution in [0.4, 0.5) is 13.6 Å². The van der Waals surface area contributed by atoms with Crippen LogP contribution in [0.25, 0.3) is 0 Å². The molecular formula is C12H9F2NO3. The maximum Gasteiger partial charge on any atom is 0.411 e. The molecule has 6 heteroatoms. The van der Waals surface area contributed by atoms with Gasteiger partial charge in [-0.3, -0.25) is 9.69 Å². The standard InChI is InChI=1S/C12H9F2NO3/c13-9-2-1-7(5-10(9)14)11-6-8(16)3-4-15(11)12(17)18/h1-5,11H,6H2,(H,17,18)/t11-/m0/s1. The van der Waals surface area contributed by atoms with Gasteiger partial charge in [0.25, 0.3) is 0 Å². The minimum atomic E-state index is -1.26. The topological polar surface area (TPSA) is 57.6 Å². The molecular weight excluding hydrogens is 244 g/mol. The summed E-state index contributed by atoms with van der Waals surface area (Å²) < 4.78 is 25.9. The van der Waals surface area contributed by atoms with E-state index in [1.54, 1.807) is 0 Å². The predicted octanol–water partition coefficient (Wildman–Crippen LogP) is 2.47. The largest absolute Gasteiger partial charge is 0.465 e. The molecule has 0 saturated carbocycles. The first-order valence-corrected chi connectivity index (χ1v) is 5.16. The van der Waals surface area contributed by atoms with Gasteiger partial charge < -0.3 is 5.11 Å². The number of nitrogens with zero attached hydrogens (tertiary/aromatic N) is 1. The minimum Gasteiger partial charge on any atom is -0.465 e. The van der Waals surface area contributed by atoms with Crippen molar-refractivity contribution in [1.29, 1.82) is 0 Å². The van der Waals surface area contributed by atoms with Gasteiger partial charge in [-0.25, -0.2) is 13.6 Å². The van der Waals surface area contributed by atoms with Crippen molar-refractivity contribution in [3.63, 3.8) is 0 Å². The molecule has 2 rings (SSSR count). The number of halogens is 2. The molecule has 1 aliphatic heterocycles. The van der Waals surface area contributed by atoms with Crippen LogP contribution in [-0.2, 0) is 4.79 Å². The van der Waals surface area contributed by atoms with Crippen molar-refractivity contribution in [3.05, 3.63) is 47.7 Å². The molecule has 1 aromatic carbocycles. The Morgan fingerprint density at radius 1 is 1.33 bits per heavy atom. The first kappa shape index (κ1) is 12.2. The SMILES string of the molecule is O=C1C=CN(C(=O)O)[C@H](c2ccc(F)c(F)c2)C1. The normalized spacial score (nSPS) is 19.1. The Morgan fingerprint density at radius 2 is 2.06 bits per heavy atom. The van der Waals surface area contributed by atoms with E-state index in [0.717, 1.165) is 29.3 Å². The highest BCUT2D eigenvalue weighted by molar-refractivity contribution is 5.92. The number of carbonyl (C=O) groups is 2. The zero-order chi connectivity index (χ0) is 13.3. The van der Waals surface area contributed by atoms with E-state index in [4.69, 9.17) is 5.11 Å². The second-order valence-corrected chi connectivity index (χ2v) is 3.87. The summed E-state index contributed by atoms with van der Waals surface area (Å²) in [4.78, 5) is 23.2. The van der Waals surface area contributed by atoms with E-state index in [2.05, 4.69) is 0 Å². The summed E-state index contributed by atoms with van der Waals surface area (Å²) in [6, 6.07) is 2.26. The Labute approximate surface area is 101 Å². The lowest BCUT2D eigenvalue weighted by Crippen LogP contribution is -2.33. The van der Waals surface area contributed by atoms with Crippen LogP contribution in [0, 0.1) is 11.6 Å².